The van der Waals surface area contributed by atoms with Crippen molar-refractivity contribution in [3.05, 3.63) is 83.3 Å². The number of aromatic nitrogens is 4. The molecule has 2 aromatic heterocycles. The topological polar surface area (TPSA) is 182 Å². The molecular formula is C39H43F6N11O4S. The van der Waals surface area contributed by atoms with E-state index in [4.69, 9.17) is 5.41 Å². The largest absolute Gasteiger partial charge is 0.419 e. The summed E-state index contributed by atoms with van der Waals surface area (Å²) < 4.78 is 109. The van der Waals surface area contributed by atoms with Crippen LogP contribution in [0.25, 0.3) is 11.3 Å². The Morgan fingerprint density at radius 2 is 1.69 bits per heavy atom. The van der Waals surface area contributed by atoms with Crippen LogP contribution in [0.1, 0.15) is 60.3 Å². The van der Waals surface area contributed by atoms with Crippen molar-refractivity contribution >= 4 is 39.4 Å². The molecule has 3 fully saturated rings. The molecule has 0 bridgehead atoms. The lowest BCUT2D eigenvalue weighted by atomic mass is 9.88. The number of benzene rings is 2. The predicted molar refractivity (Wildman–Crippen MR) is 211 cm³/mol. The molecule has 22 heteroatoms. The van der Waals surface area contributed by atoms with Gasteiger partial charge >= 0.3 is 18.4 Å². The van der Waals surface area contributed by atoms with Gasteiger partial charge in [0.25, 0.3) is 0 Å². The molecule has 4 aromatic rings. The number of nitrogens with one attached hydrogen (secondary N) is 4. The minimum absolute atomic E-state index is 0.00423. The fourth-order valence-electron chi connectivity index (χ4n) is 7.85. The number of halogens is 6. The molecule has 0 saturated carbocycles. The lowest BCUT2D eigenvalue weighted by Crippen LogP contribution is -2.52. The van der Waals surface area contributed by atoms with Crippen molar-refractivity contribution in [2.75, 3.05) is 50.4 Å². The van der Waals surface area contributed by atoms with E-state index in [0.717, 1.165) is 49.5 Å². The minimum atomic E-state index is -4.89. The average molecular weight is 876 g/mol. The molecule has 2 aromatic carbocycles. The molecule has 5 heterocycles. The second kappa shape index (κ2) is 17.4. The van der Waals surface area contributed by atoms with Crippen molar-refractivity contribution in [2.45, 2.75) is 74.4 Å². The van der Waals surface area contributed by atoms with E-state index in [2.05, 4.69) is 35.9 Å². The van der Waals surface area contributed by atoms with Gasteiger partial charge in [-0.05, 0) is 80.1 Å². The third-order valence-corrected chi connectivity index (χ3v) is 12.9. The molecule has 3 aliphatic rings. The van der Waals surface area contributed by atoms with Gasteiger partial charge in [0, 0.05) is 74.9 Å². The summed E-state index contributed by atoms with van der Waals surface area (Å²) in [5, 5.41) is 20.5. The van der Waals surface area contributed by atoms with Crippen molar-refractivity contribution in [3.63, 3.8) is 0 Å². The molecule has 3 aliphatic heterocycles. The number of hydrogen-bond acceptors (Lipinski definition) is 11. The lowest BCUT2D eigenvalue weighted by molar-refractivity contribution is -0.142. The van der Waals surface area contributed by atoms with Crippen molar-refractivity contribution in [1.82, 2.24) is 39.2 Å². The van der Waals surface area contributed by atoms with Crippen molar-refractivity contribution in [1.29, 1.82) is 5.41 Å². The third-order valence-electron chi connectivity index (χ3n) is 11.0. The number of imide groups is 1. The lowest BCUT2D eigenvalue weighted by Gasteiger charge is -2.33. The second-order valence-corrected chi connectivity index (χ2v) is 17.1. The van der Waals surface area contributed by atoms with Crippen LogP contribution in [0.4, 0.5) is 42.8 Å². The molecule has 4 N–H and O–H groups in total. The first-order valence-corrected chi connectivity index (χ1v) is 21.0. The van der Waals surface area contributed by atoms with Crippen LogP contribution in [0.15, 0.2) is 66.0 Å². The van der Waals surface area contributed by atoms with Gasteiger partial charge in [0.05, 0.1) is 16.8 Å². The van der Waals surface area contributed by atoms with Crippen LogP contribution in [0.5, 0.6) is 0 Å². The Bertz CT molecular complexity index is 2390. The van der Waals surface area contributed by atoms with Gasteiger partial charge in [0.15, 0.2) is 0 Å². The summed E-state index contributed by atoms with van der Waals surface area (Å²) in [4.78, 5) is 35.4. The molecule has 326 valence electrons. The fourth-order valence-corrected chi connectivity index (χ4v) is 9.39. The number of alkyl halides is 6. The molecule has 3 amide bonds. The number of urea groups is 1. The summed E-state index contributed by atoms with van der Waals surface area (Å²) in [6, 6.07) is 11.6. The van der Waals surface area contributed by atoms with Gasteiger partial charge in [-0.15, -0.1) is 0 Å². The highest BCUT2D eigenvalue weighted by atomic mass is 32.2. The Balaban J connectivity index is 0.933. The first kappa shape index (κ1) is 43.5. The van der Waals surface area contributed by atoms with Crippen LogP contribution in [-0.2, 0) is 34.1 Å². The molecule has 7 rings (SSSR count). The van der Waals surface area contributed by atoms with Crippen LogP contribution in [0, 0.1) is 5.41 Å². The number of amides is 3. The standard InChI is InChI=1S/C39H43F6N11O4S/c1-47-32-18-26(5-6-30(32)35(46)56-16-11-33(57)51-37(56)58)25-7-12-53(13-8-25)21-24-3-2-4-29(17-24)61(59,60)55-14-9-28(10-15-55)50-36-48-20-31(39(43,44)45)34(52-36)27-19-49-54(22-27)23-38(40,41)42/h2-6,17-20,22,25,28,46-47H,7-16,21,23H2,1H3,(H,48,50,52)(H,51,57,58). The molecule has 0 unspecified atom stereocenters. The number of carbonyl (C=O) groups excluding carboxylic acids is 2. The van der Waals surface area contributed by atoms with Gasteiger partial charge in [-0.3, -0.25) is 30.0 Å². The Kier molecular flexibility index (Phi) is 12.4. The fraction of sp³-hybridized carbons (Fsp3) is 0.436. The number of nitrogens with zero attached hydrogens (tertiary/aromatic N) is 7. The number of sulfonamides is 1. The highest BCUT2D eigenvalue weighted by molar-refractivity contribution is 7.89. The monoisotopic (exact) mass is 875 g/mol. The van der Waals surface area contributed by atoms with E-state index >= 15 is 0 Å². The van der Waals surface area contributed by atoms with E-state index in [9.17, 15) is 44.3 Å². The van der Waals surface area contributed by atoms with Gasteiger partial charge in [-0.25, -0.2) is 23.2 Å². The van der Waals surface area contributed by atoms with E-state index < -0.39 is 52.3 Å². The smallest absolute Gasteiger partial charge is 0.388 e. The first-order chi connectivity index (χ1) is 28.9. The summed E-state index contributed by atoms with van der Waals surface area (Å²) in [6.45, 7) is 0.942. The summed E-state index contributed by atoms with van der Waals surface area (Å²) >= 11 is 0. The van der Waals surface area contributed by atoms with Crippen LogP contribution < -0.4 is 16.0 Å². The van der Waals surface area contributed by atoms with Crippen molar-refractivity contribution < 1.29 is 44.3 Å². The Labute approximate surface area is 347 Å². The highest BCUT2D eigenvalue weighted by Gasteiger charge is 2.37. The van der Waals surface area contributed by atoms with Crippen molar-refractivity contribution in [2.24, 2.45) is 0 Å². The van der Waals surface area contributed by atoms with Gasteiger partial charge < -0.3 is 10.6 Å². The zero-order chi connectivity index (χ0) is 43.7. The molecule has 0 atom stereocenters. The maximum Gasteiger partial charge on any atom is 0.419 e. The third kappa shape index (κ3) is 10.1. The number of rotatable bonds is 11. The maximum absolute atomic E-state index is 13.8. The second-order valence-electron chi connectivity index (χ2n) is 15.2. The predicted octanol–water partition coefficient (Wildman–Crippen LogP) is 5.87. The Morgan fingerprint density at radius 3 is 2.36 bits per heavy atom. The van der Waals surface area contributed by atoms with Crippen molar-refractivity contribution in [3.8, 4) is 11.3 Å². The molecule has 0 aliphatic carbocycles. The summed E-state index contributed by atoms with van der Waals surface area (Å²) in [7, 11) is -2.14. The number of amidine groups is 1. The van der Waals surface area contributed by atoms with Gasteiger partial charge in [0.2, 0.25) is 21.9 Å². The zero-order valence-corrected chi connectivity index (χ0v) is 33.7. The van der Waals surface area contributed by atoms with Crippen LogP contribution in [0.2, 0.25) is 0 Å². The molecule has 15 nitrogen and oxygen atoms in total. The Morgan fingerprint density at radius 1 is 0.951 bits per heavy atom. The normalized spacial score (nSPS) is 18.0. The van der Waals surface area contributed by atoms with Gasteiger partial charge in [-0.2, -0.15) is 35.7 Å². The van der Waals surface area contributed by atoms with Crippen LogP contribution in [0.3, 0.4) is 0 Å². The quantitative estimate of drug-likeness (QED) is 0.0808. The zero-order valence-electron chi connectivity index (χ0n) is 32.9. The molecule has 0 radical (unpaired) electrons. The number of piperidine rings is 2. The molecule has 61 heavy (non-hydrogen) atoms. The number of carbonyl (C=O) groups is 2. The molecular weight excluding hydrogens is 833 g/mol. The van der Waals surface area contributed by atoms with E-state index in [-0.39, 0.29) is 73.0 Å². The summed E-state index contributed by atoms with van der Waals surface area (Å²) in [6.07, 6.45) is -4.87. The molecule has 0 spiro atoms. The maximum atomic E-state index is 13.8. The van der Waals surface area contributed by atoms with Gasteiger partial charge in [0.1, 0.15) is 17.9 Å². The average Bonchev–Trinajstić information content (AvgIpc) is 3.67. The minimum Gasteiger partial charge on any atom is -0.388 e. The number of likely N-dealkylation sites (tertiary alicyclic amines) is 1. The first-order valence-electron chi connectivity index (χ1n) is 19.5. The van der Waals surface area contributed by atoms with E-state index in [1.165, 1.54) is 9.21 Å². The van der Waals surface area contributed by atoms with Gasteiger partial charge in [-0.1, -0.05) is 18.2 Å². The number of anilines is 2. The SMILES string of the molecule is CNc1cc(C2CCN(Cc3cccc(S(=O)(=O)N4CCC(Nc5ncc(C(F)(F)F)c(-c6cnn(CC(F)(F)F)c6)n5)CC4)c3)CC2)ccc1C(=N)N1CCC(=O)NC1=O. The summed E-state index contributed by atoms with van der Waals surface area (Å²) in [5.41, 5.74) is 1.03. The van der Waals surface area contributed by atoms with Crippen LogP contribution in [-0.4, -0.2) is 112 Å². The molecule has 3 saturated heterocycles. The van der Waals surface area contributed by atoms with E-state index in [0.29, 0.717) is 28.7 Å². The van der Waals surface area contributed by atoms with E-state index in [1.807, 2.05) is 24.3 Å². The van der Waals surface area contributed by atoms with E-state index in [1.54, 1.807) is 25.2 Å². The van der Waals surface area contributed by atoms with Crippen LogP contribution >= 0.6 is 0 Å². The number of hydrogen-bond donors (Lipinski definition) is 4. The highest BCUT2D eigenvalue weighted by Crippen LogP contribution is 2.37. The summed E-state index contributed by atoms with van der Waals surface area (Å²) in [5.74, 6) is -0.306. The Hall–Kier alpha value is -5.61.